The van der Waals surface area contributed by atoms with Gasteiger partial charge in [-0.1, -0.05) is 45.8 Å². The zero-order chi connectivity index (χ0) is 17.7. The van der Waals surface area contributed by atoms with Gasteiger partial charge in [-0.15, -0.1) is 0 Å². The predicted molar refractivity (Wildman–Crippen MR) is 96.9 cm³/mol. The first-order valence-electron chi connectivity index (χ1n) is 7.66. The molecule has 0 bridgehead atoms. The van der Waals surface area contributed by atoms with Crippen molar-refractivity contribution in [2.24, 2.45) is 0 Å². The third-order valence-electron chi connectivity index (χ3n) is 3.68. The Kier molecular flexibility index (Phi) is 6.15. The molecule has 1 N–H and O–H groups in total. The Morgan fingerprint density at radius 2 is 1.79 bits per heavy atom. The topological polar surface area (TPSA) is 55.4 Å². The molecule has 0 spiro atoms. The second-order valence-corrected chi connectivity index (χ2v) is 6.65. The van der Waals surface area contributed by atoms with Crippen molar-refractivity contribution in [3.05, 3.63) is 69.2 Å². The van der Waals surface area contributed by atoms with Gasteiger partial charge in [-0.2, -0.15) is 0 Å². The first-order valence-corrected chi connectivity index (χ1v) is 8.45. The lowest BCUT2D eigenvalue weighted by Gasteiger charge is -2.15. The molecule has 1 amide bonds. The standard InChI is InChI=1S/C19H20BrNO3/c1-12-4-9-17(13(2)10-12)19(23)24-11-18(22)21-14(3)15-5-7-16(20)8-6-15/h4-10,14H,11H2,1-3H3,(H,21,22)/t14-/m0/s1. The lowest BCUT2D eigenvalue weighted by molar-refractivity contribution is -0.124. The van der Waals surface area contributed by atoms with Gasteiger partial charge >= 0.3 is 5.97 Å². The Labute approximate surface area is 150 Å². The van der Waals surface area contributed by atoms with Gasteiger partial charge in [0.05, 0.1) is 11.6 Å². The van der Waals surface area contributed by atoms with E-state index < -0.39 is 5.97 Å². The molecule has 0 saturated heterocycles. The molecule has 24 heavy (non-hydrogen) atoms. The summed E-state index contributed by atoms with van der Waals surface area (Å²) < 4.78 is 6.09. The first kappa shape index (κ1) is 18.2. The number of carbonyl (C=O) groups excluding carboxylic acids is 2. The summed E-state index contributed by atoms with van der Waals surface area (Å²) in [7, 11) is 0. The highest BCUT2D eigenvalue weighted by molar-refractivity contribution is 9.10. The second kappa shape index (κ2) is 8.11. The average Bonchev–Trinajstić information content (AvgIpc) is 2.53. The number of amides is 1. The molecule has 1 atom stereocenters. The Balaban J connectivity index is 1.88. The molecule has 0 aliphatic carbocycles. The molecule has 0 saturated carbocycles. The van der Waals surface area contributed by atoms with Gasteiger partial charge in [0.25, 0.3) is 5.91 Å². The van der Waals surface area contributed by atoms with Crippen molar-refractivity contribution < 1.29 is 14.3 Å². The van der Waals surface area contributed by atoms with Crippen molar-refractivity contribution in [3.8, 4) is 0 Å². The number of aryl methyl sites for hydroxylation is 2. The average molecular weight is 390 g/mol. The maximum absolute atomic E-state index is 12.1. The van der Waals surface area contributed by atoms with E-state index in [1.54, 1.807) is 6.07 Å². The van der Waals surface area contributed by atoms with Crippen molar-refractivity contribution in [1.29, 1.82) is 0 Å². The summed E-state index contributed by atoms with van der Waals surface area (Å²) in [5, 5.41) is 2.81. The van der Waals surface area contributed by atoms with E-state index >= 15 is 0 Å². The molecule has 126 valence electrons. The van der Waals surface area contributed by atoms with Gasteiger partial charge in [-0.25, -0.2) is 4.79 Å². The van der Waals surface area contributed by atoms with Crippen molar-refractivity contribution >= 4 is 27.8 Å². The van der Waals surface area contributed by atoms with Gasteiger partial charge in [0.1, 0.15) is 0 Å². The number of nitrogens with one attached hydrogen (secondary N) is 1. The van der Waals surface area contributed by atoms with E-state index in [0.717, 1.165) is 21.2 Å². The summed E-state index contributed by atoms with van der Waals surface area (Å²) in [6.45, 7) is 5.39. The summed E-state index contributed by atoms with van der Waals surface area (Å²) in [6, 6.07) is 13.0. The summed E-state index contributed by atoms with van der Waals surface area (Å²) >= 11 is 3.37. The van der Waals surface area contributed by atoms with Crippen molar-refractivity contribution in [1.82, 2.24) is 5.32 Å². The second-order valence-electron chi connectivity index (χ2n) is 5.74. The third kappa shape index (κ3) is 4.93. The summed E-state index contributed by atoms with van der Waals surface area (Å²) in [6.07, 6.45) is 0. The largest absolute Gasteiger partial charge is 0.452 e. The number of rotatable bonds is 5. The Morgan fingerprint density at radius 3 is 2.42 bits per heavy atom. The van der Waals surface area contributed by atoms with Gasteiger partial charge < -0.3 is 10.1 Å². The molecule has 2 aromatic carbocycles. The van der Waals surface area contributed by atoms with Crippen LogP contribution in [0.25, 0.3) is 0 Å². The maximum atomic E-state index is 12.1. The lowest BCUT2D eigenvalue weighted by Crippen LogP contribution is -2.31. The summed E-state index contributed by atoms with van der Waals surface area (Å²) in [4.78, 5) is 24.0. The zero-order valence-corrected chi connectivity index (χ0v) is 15.5. The van der Waals surface area contributed by atoms with Crippen LogP contribution in [0.4, 0.5) is 0 Å². The van der Waals surface area contributed by atoms with Crippen LogP contribution in [0.1, 0.15) is 40.0 Å². The van der Waals surface area contributed by atoms with Crippen LogP contribution >= 0.6 is 15.9 Å². The van der Waals surface area contributed by atoms with Crippen LogP contribution in [-0.4, -0.2) is 18.5 Å². The molecule has 0 aromatic heterocycles. The Morgan fingerprint density at radius 1 is 1.12 bits per heavy atom. The van der Waals surface area contributed by atoms with Crippen molar-refractivity contribution in [2.45, 2.75) is 26.8 Å². The fourth-order valence-corrected chi connectivity index (χ4v) is 2.63. The fraction of sp³-hybridized carbons (Fsp3) is 0.263. The highest BCUT2D eigenvalue weighted by atomic mass is 79.9. The third-order valence-corrected chi connectivity index (χ3v) is 4.21. The van der Waals surface area contributed by atoms with E-state index in [1.807, 2.05) is 57.2 Å². The number of benzene rings is 2. The van der Waals surface area contributed by atoms with Crippen LogP contribution in [-0.2, 0) is 9.53 Å². The van der Waals surface area contributed by atoms with Gasteiger partial charge in [0.15, 0.2) is 6.61 Å². The quantitative estimate of drug-likeness (QED) is 0.783. The molecular weight excluding hydrogens is 370 g/mol. The number of hydrogen-bond donors (Lipinski definition) is 1. The first-order chi connectivity index (χ1) is 11.4. The van der Waals surface area contributed by atoms with E-state index in [0.29, 0.717) is 5.56 Å². The number of carbonyl (C=O) groups is 2. The van der Waals surface area contributed by atoms with Gasteiger partial charge in [-0.3, -0.25) is 4.79 Å². The monoisotopic (exact) mass is 389 g/mol. The SMILES string of the molecule is Cc1ccc(C(=O)OCC(=O)N[C@@H](C)c2ccc(Br)cc2)c(C)c1. The molecule has 0 aliphatic heterocycles. The number of hydrogen-bond acceptors (Lipinski definition) is 3. The minimum absolute atomic E-state index is 0.162. The Hall–Kier alpha value is -2.14. The molecule has 2 aromatic rings. The minimum Gasteiger partial charge on any atom is -0.452 e. The van der Waals surface area contributed by atoms with E-state index in [9.17, 15) is 9.59 Å². The molecule has 2 rings (SSSR count). The Bertz CT molecular complexity index is 741. The fourth-order valence-electron chi connectivity index (χ4n) is 2.37. The van der Waals surface area contributed by atoms with Crippen LogP contribution in [0, 0.1) is 13.8 Å². The highest BCUT2D eigenvalue weighted by Gasteiger charge is 2.14. The van der Waals surface area contributed by atoms with Crippen LogP contribution < -0.4 is 5.32 Å². The highest BCUT2D eigenvalue weighted by Crippen LogP contribution is 2.16. The van der Waals surface area contributed by atoms with Crippen LogP contribution in [0.3, 0.4) is 0 Å². The maximum Gasteiger partial charge on any atom is 0.338 e. The smallest absolute Gasteiger partial charge is 0.338 e. The van der Waals surface area contributed by atoms with E-state index in [1.165, 1.54) is 0 Å². The predicted octanol–water partition coefficient (Wildman–Crippen LogP) is 4.10. The van der Waals surface area contributed by atoms with Crippen LogP contribution in [0.15, 0.2) is 46.9 Å². The normalized spacial score (nSPS) is 11.7. The van der Waals surface area contributed by atoms with E-state index in [2.05, 4.69) is 21.2 Å². The molecule has 0 unspecified atom stereocenters. The number of ether oxygens (including phenoxy) is 1. The number of halogens is 1. The van der Waals surface area contributed by atoms with E-state index in [-0.39, 0.29) is 18.6 Å². The van der Waals surface area contributed by atoms with E-state index in [4.69, 9.17) is 4.74 Å². The lowest BCUT2D eigenvalue weighted by atomic mass is 10.1. The molecule has 0 radical (unpaired) electrons. The molecular formula is C19H20BrNO3. The van der Waals surface area contributed by atoms with Crippen molar-refractivity contribution in [3.63, 3.8) is 0 Å². The summed E-state index contributed by atoms with van der Waals surface area (Å²) in [5.41, 5.74) is 3.37. The molecule has 0 fully saturated rings. The van der Waals surface area contributed by atoms with Crippen LogP contribution in [0.5, 0.6) is 0 Å². The van der Waals surface area contributed by atoms with Crippen LogP contribution in [0.2, 0.25) is 0 Å². The summed E-state index contributed by atoms with van der Waals surface area (Å²) in [5.74, 6) is -0.817. The minimum atomic E-state index is -0.487. The molecule has 0 aliphatic rings. The molecule has 4 nitrogen and oxygen atoms in total. The van der Waals surface area contributed by atoms with Crippen molar-refractivity contribution in [2.75, 3.05) is 6.61 Å². The van der Waals surface area contributed by atoms with Gasteiger partial charge in [0.2, 0.25) is 0 Å². The number of esters is 1. The van der Waals surface area contributed by atoms with Gasteiger partial charge in [-0.05, 0) is 50.1 Å². The molecule has 5 heteroatoms. The molecule has 0 heterocycles. The zero-order valence-electron chi connectivity index (χ0n) is 13.9. The van der Waals surface area contributed by atoms with Gasteiger partial charge in [0, 0.05) is 4.47 Å².